The highest BCUT2D eigenvalue weighted by molar-refractivity contribution is 5.21. The molecule has 0 aliphatic carbocycles. The van der Waals surface area contributed by atoms with Gasteiger partial charge in [0.25, 0.3) is 0 Å². The van der Waals surface area contributed by atoms with Crippen LogP contribution < -0.4 is 0 Å². The average molecular weight is 478 g/mol. The summed E-state index contributed by atoms with van der Waals surface area (Å²) >= 11 is 0. The summed E-state index contributed by atoms with van der Waals surface area (Å²) < 4.78 is 12.9. The SMILES string of the molecule is CCCCCCCCCCCC[C@H]1CC[C@@H](OCc2ccccc2)[C@H]2OC[C@@H](c3ccccc3)N12. The third kappa shape index (κ3) is 7.90. The Morgan fingerprint density at radius 3 is 2.09 bits per heavy atom. The zero-order valence-corrected chi connectivity index (χ0v) is 22.0. The van der Waals surface area contributed by atoms with Crippen LogP contribution in [-0.4, -0.2) is 29.9 Å². The minimum absolute atomic E-state index is 0.0748. The maximum atomic E-state index is 6.46. The standard InChI is InChI=1S/C32H47NO2/c1-2-3-4-5-6-7-8-9-10-17-22-29-23-24-31(34-25-27-18-13-11-14-19-27)32-33(29)30(26-35-32)28-20-15-12-16-21-28/h11-16,18-21,29-32H,2-10,17,22-26H2,1H3/t29-,30-,31+,32+/m0/s1. The Balaban J connectivity index is 1.27. The molecule has 0 radical (unpaired) electrons. The third-order valence-electron chi connectivity index (χ3n) is 7.98. The van der Waals surface area contributed by atoms with Crippen LogP contribution in [0.4, 0.5) is 0 Å². The molecule has 2 aromatic carbocycles. The summed E-state index contributed by atoms with van der Waals surface area (Å²) in [6.07, 6.45) is 17.8. The number of hydrogen-bond donors (Lipinski definition) is 0. The van der Waals surface area contributed by atoms with E-state index < -0.39 is 0 Å². The van der Waals surface area contributed by atoms with E-state index in [4.69, 9.17) is 9.47 Å². The Kier molecular flexibility index (Phi) is 11.1. The Morgan fingerprint density at radius 2 is 1.40 bits per heavy atom. The van der Waals surface area contributed by atoms with Gasteiger partial charge in [-0.1, -0.05) is 132 Å². The summed E-state index contributed by atoms with van der Waals surface area (Å²) in [6, 6.07) is 22.4. The van der Waals surface area contributed by atoms with Gasteiger partial charge in [-0.3, -0.25) is 4.90 Å². The zero-order chi connectivity index (χ0) is 24.1. The summed E-state index contributed by atoms with van der Waals surface area (Å²) in [5.41, 5.74) is 2.62. The molecule has 3 heteroatoms. The molecule has 0 spiro atoms. The van der Waals surface area contributed by atoms with E-state index in [1.807, 2.05) is 0 Å². The van der Waals surface area contributed by atoms with Crippen LogP contribution in [0.15, 0.2) is 60.7 Å². The fourth-order valence-corrected chi connectivity index (χ4v) is 6.00. The van der Waals surface area contributed by atoms with Crippen molar-refractivity contribution in [1.29, 1.82) is 0 Å². The van der Waals surface area contributed by atoms with Crippen LogP contribution in [0.2, 0.25) is 0 Å². The number of hydrogen-bond acceptors (Lipinski definition) is 3. The van der Waals surface area contributed by atoms with Gasteiger partial charge in [0.15, 0.2) is 0 Å². The molecule has 0 bridgehead atoms. The normalized spacial score (nSPS) is 24.5. The lowest BCUT2D eigenvalue weighted by molar-refractivity contribution is -0.140. The van der Waals surface area contributed by atoms with Gasteiger partial charge in [0, 0.05) is 6.04 Å². The van der Waals surface area contributed by atoms with Gasteiger partial charge in [0.1, 0.15) is 6.23 Å². The number of benzene rings is 2. The first-order valence-electron chi connectivity index (χ1n) is 14.5. The lowest BCUT2D eigenvalue weighted by Gasteiger charge is -2.43. The molecular formula is C32H47NO2. The fourth-order valence-electron chi connectivity index (χ4n) is 6.00. The zero-order valence-electron chi connectivity index (χ0n) is 22.0. The first-order chi connectivity index (χ1) is 17.4. The molecule has 2 fully saturated rings. The molecule has 4 atom stereocenters. The summed E-state index contributed by atoms with van der Waals surface area (Å²) in [4.78, 5) is 2.68. The Labute approximate surface area is 214 Å². The van der Waals surface area contributed by atoms with Crippen molar-refractivity contribution in [2.24, 2.45) is 0 Å². The maximum absolute atomic E-state index is 6.46. The second-order valence-electron chi connectivity index (χ2n) is 10.6. The number of ether oxygens (including phenoxy) is 2. The molecule has 0 amide bonds. The average Bonchev–Trinajstić information content (AvgIpc) is 3.36. The van der Waals surface area contributed by atoms with Gasteiger partial charge in [-0.05, 0) is 30.4 Å². The van der Waals surface area contributed by atoms with Crippen LogP contribution in [-0.2, 0) is 16.1 Å². The highest BCUT2D eigenvalue weighted by Crippen LogP contribution is 2.41. The van der Waals surface area contributed by atoms with Gasteiger partial charge in [-0.2, -0.15) is 0 Å². The minimum Gasteiger partial charge on any atom is -0.369 e. The van der Waals surface area contributed by atoms with E-state index in [0.717, 1.165) is 13.0 Å². The lowest BCUT2D eigenvalue weighted by atomic mass is 9.91. The van der Waals surface area contributed by atoms with Crippen LogP contribution in [0.1, 0.15) is 108 Å². The van der Waals surface area contributed by atoms with E-state index in [-0.39, 0.29) is 12.3 Å². The van der Waals surface area contributed by atoms with E-state index in [1.165, 1.54) is 88.2 Å². The molecule has 2 saturated heterocycles. The highest BCUT2D eigenvalue weighted by atomic mass is 16.6. The molecule has 2 heterocycles. The van der Waals surface area contributed by atoms with Crippen LogP contribution in [0.25, 0.3) is 0 Å². The maximum Gasteiger partial charge on any atom is 0.137 e. The van der Waals surface area contributed by atoms with Crippen molar-refractivity contribution in [2.45, 2.75) is 121 Å². The second-order valence-corrected chi connectivity index (χ2v) is 10.6. The Hall–Kier alpha value is -1.68. The predicted octanol–water partition coefficient (Wildman–Crippen LogP) is 8.44. The molecule has 4 rings (SSSR count). The molecule has 2 aliphatic rings. The van der Waals surface area contributed by atoms with Crippen molar-refractivity contribution in [3.05, 3.63) is 71.8 Å². The molecule has 192 valence electrons. The van der Waals surface area contributed by atoms with Crippen molar-refractivity contribution < 1.29 is 9.47 Å². The van der Waals surface area contributed by atoms with Gasteiger partial charge in [0.2, 0.25) is 0 Å². The summed E-state index contributed by atoms with van der Waals surface area (Å²) in [7, 11) is 0. The van der Waals surface area contributed by atoms with Crippen LogP contribution in [0.3, 0.4) is 0 Å². The van der Waals surface area contributed by atoms with Gasteiger partial charge in [-0.25, -0.2) is 0 Å². The number of rotatable bonds is 15. The third-order valence-corrected chi connectivity index (χ3v) is 7.98. The van der Waals surface area contributed by atoms with Gasteiger partial charge < -0.3 is 9.47 Å². The van der Waals surface area contributed by atoms with Crippen LogP contribution >= 0.6 is 0 Å². The predicted molar refractivity (Wildman–Crippen MR) is 145 cm³/mol. The van der Waals surface area contributed by atoms with Crippen molar-refractivity contribution in [1.82, 2.24) is 4.90 Å². The first-order valence-corrected chi connectivity index (χ1v) is 14.5. The van der Waals surface area contributed by atoms with E-state index >= 15 is 0 Å². The smallest absolute Gasteiger partial charge is 0.137 e. The largest absolute Gasteiger partial charge is 0.369 e. The Bertz CT molecular complexity index is 811. The molecule has 2 aromatic rings. The molecule has 0 unspecified atom stereocenters. The monoisotopic (exact) mass is 477 g/mol. The first kappa shape index (κ1) is 26.4. The summed E-state index contributed by atoms with van der Waals surface area (Å²) in [5.74, 6) is 0. The van der Waals surface area contributed by atoms with Crippen molar-refractivity contribution in [3.63, 3.8) is 0 Å². The van der Waals surface area contributed by atoms with Crippen molar-refractivity contribution in [3.8, 4) is 0 Å². The Morgan fingerprint density at radius 1 is 0.771 bits per heavy atom. The molecule has 3 nitrogen and oxygen atoms in total. The van der Waals surface area contributed by atoms with Gasteiger partial charge >= 0.3 is 0 Å². The number of piperidine rings is 1. The molecule has 0 saturated carbocycles. The van der Waals surface area contributed by atoms with E-state index in [1.54, 1.807) is 0 Å². The van der Waals surface area contributed by atoms with E-state index in [2.05, 4.69) is 72.5 Å². The summed E-state index contributed by atoms with van der Waals surface area (Å²) in [6.45, 7) is 3.73. The number of nitrogens with zero attached hydrogens (tertiary/aromatic N) is 1. The van der Waals surface area contributed by atoms with E-state index in [9.17, 15) is 0 Å². The van der Waals surface area contributed by atoms with Crippen molar-refractivity contribution in [2.75, 3.05) is 6.61 Å². The van der Waals surface area contributed by atoms with Crippen molar-refractivity contribution >= 4 is 0 Å². The molecular weight excluding hydrogens is 430 g/mol. The van der Waals surface area contributed by atoms with Gasteiger partial charge in [0.05, 0.1) is 25.4 Å². The quantitative estimate of drug-likeness (QED) is 0.240. The topological polar surface area (TPSA) is 21.7 Å². The number of fused-ring (bicyclic) bond motifs is 1. The van der Waals surface area contributed by atoms with Crippen LogP contribution in [0.5, 0.6) is 0 Å². The van der Waals surface area contributed by atoms with E-state index in [0.29, 0.717) is 18.7 Å². The fraction of sp³-hybridized carbons (Fsp3) is 0.625. The highest BCUT2D eigenvalue weighted by Gasteiger charge is 2.46. The minimum atomic E-state index is 0.0748. The van der Waals surface area contributed by atoms with Crippen LogP contribution in [0, 0.1) is 0 Å². The molecule has 2 aliphatic heterocycles. The second kappa shape index (κ2) is 14.8. The molecule has 0 N–H and O–H groups in total. The lowest BCUT2D eigenvalue weighted by Crippen LogP contribution is -2.52. The molecule has 35 heavy (non-hydrogen) atoms. The molecule has 0 aromatic heterocycles. The summed E-state index contributed by atoms with van der Waals surface area (Å²) in [5, 5.41) is 0. The number of unbranched alkanes of at least 4 members (excludes halogenated alkanes) is 9. The van der Waals surface area contributed by atoms with Gasteiger partial charge in [-0.15, -0.1) is 0 Å².